The first-order chi connectivity index (χ1) is 19.1. The van der Waals surface area contributed by atoms with Gasteiger partial charge in [0.25, 0.3) is 0 Å². The van der Waals surface area contributed by atoms with E-state index in [0.29, 0.717) is 17.9 Å². The van der Waals surface area contributed by atoms with E-state index in [0.717, 1.165) is 70.6 Å². The van der Waals surface area contributed by atoms with Crippen LogP contribution in [0.1, 0.15) is 75.3 Å². The third kappa shape index (κ3) is 5.88. The zero-order valence-electron chi connectivity index (χ0n) is 23.1. The third-order valence-electron chi connectivity index (χ3n) is 8.19. The Hall–Kier alpha value is -3.60. The molecule has 0 amide bonds. The molecule has 2 saturated carbocycles. The highest BCUT2D eigenvalue weighted by Crippen LogP contribution is 2.41. The van der Waals surface area contributed by atoms with Gasteiger partial charge < -0.3 is 13.9 Å². The van der Waals surface area contributed by atoms with Gasteiger partial charge >= 0.3 is 0 Å². The molecule has 3 aromatic carbocycles. The standard InChI is InChI=1S/C34H38N2O3/c1-23-18-19-26(21-29(23)34-36-35-33(39-34)25-12-6-3-7-13-25)30-22-31(37-27-14-8-4-9-15-27)24(2)20-32(30)38-28-16-10-5-11-17-28/h3,6-7,12-13,18-22,27-28H,4-5,8-11,14-17H2,1-2H3. The van der Waals surface area contributed by atoms with Gasteiger partial charge in [0.1, 0.15) is 11.5 Å². The third-order valence-corrected chi connectivity index (χ3v) is 8.19. The van der Waals surface area contributed by atoms with E-state index < -0.39 is 0 Å². The number of benzene rings is 3. The van der Waals surface area contributed by atoms with Crippen LogP contribution in [0.25, 0.3) is 34.0 Å². The summed E-state index contributed by atoms with van der Waals surface area (Å²) >= 11 is 0. The Morgan fingerprint density at radius 1 is 0.590 bits per heavy atom. The summed E-state index contributed by atoms with van der Waals surface area (Å²) in [5, 5.41) is 8.74. The van der Waals surface area contributed by atoms with Crippen LogP contribution >= 0.6 is 0 Å². The van der Waals surface area contributed by atoms with E-state index in [1.165, 1.54) is 38.5 Å². The molecule has 5 heteroatoms. The van der Waals surface area contributed by atoms with Crippen molar-refractivity contribution in [2.45, 2.75) is 90.3 Å². The van der Waals surface area contributed by atoms with Gasteiger partial charge in [-0.3, -0.25) is 0 Å². The smallest absolute Gasteiger partial charge is 0.248 e. The van der Waals surface area contributed by atoms with Crippen molar-refractivity contribution in [2.75, 3.05) is 0 Å². The zero-order valence-corrected chi connectivity index (χ0v) is 23.1. The molecule has 0 atom stereocenters. The second-order valence-electron chi connectivity index (χ2n) is 11.2. The van der Waals surface area contributed by atoms with Gasteiger partial charge in [-0.15, -0.1) is 10.2 Å². The fraction of sp³-hybridized carbons (Fsp3) is 0.412. The molecule has 5 nitrogen and oxygen atoms in total. The molecule has 2 aliphatic carbocycles. The van der Waals surface area contributed by atoms with Gasteiger partial charge in [0.05, 0.1) is 12.2 Å². The molecule has 0 N–H and O–H groups in total. The molecule has 2 aliphatic rings. The summed E-state index contributed by atoms with van der Waals surface area (Å²) in [6, 6.07) is 20.7. The number of rotatable bonds is 7. The van der Waals surface area contributed by atoms with Crippen molar-refractivity contribution >= 4 is 0 Å². The monoisotopic (exact) mass is 522 g/mol. The highest BCUT2D eigenvalue weighted by molar-refractivity contribution is 5.77. The maximum absolute atomic E-state index is 6.70. The summed E-state index contributed by atoms with van der Waals surface area (Å²) in [6.45, 7) is 4.22. The molecule has 4 aromatic rings. The van der Waals surface area contributed by atoms with E-state index in [2.05, 4.69) is 54.4 Å². The lowest BCUT2D eigenvalue weighted by atomic mass is 9.95. The highest BCUT2D eigenvalue weighted by Gasteiger charge is 2.22. The van der Waals surface area contributed by atoms with Gasteiger partial charge in [-0.25, -0.2) is 0 Å². The van der Waals surface area contributed by atoms with Gasteiger partial charge in [-0.2, -0.15) is 0 Å². The fourth-order valence-electron chi connectivity index (χ4n) is 5.89. The Balaban J connectivity index is 1.37. The van der Waals surface area contributed by atoms with Gasteiger partial charge in [-0.1, -0.05) is 43.2 Å². The molecule has 39 heavy (non-hydrogen) atoms. The predicted molar refractivity (Wildman–Crippen MR) is 155 cm³/mol. The first-order valence-electron chi connectivity index (χ1n) is 14.6. The number of nitrogens with zero attached hydrogens (tertiary/aromatic N) is 2. The summed E-state index contributed by atoms with van der Waals surface area (Å²) < 4.78 is 19.4. The lowest BCUT2D eigenvalue weighted by Crippen LogP contribution is -2.21. The van der Waals surface area contributed by atoms with Gasteiger partial charge in [-0.05, 0) is 112 Å². The average molecular weight is 523 g/mol. The second-order valence-corrected chi connectivity index (χ2v) is 11.2. The minimum absolute atomic E-state index is 0.260. The maximum Gasteiger partial charge on any atom is 0.248 e. The van der Waals surface area contributed by atoms with Crippen molar-refractivity contribution in [2.24, 2.45) is 0 Å². The van der Waals surface area contributed by atoms with Crippen molar-refractivity contribution in [3.05, 3.63) is 71.8 Å². The average Bonchev–Trinajstić information content (AvgIpc) is 3.47. The molecule has 0 spiro atoms. The largest absolute Gasteiger partial charge is 0.490 e. The maximum atomic E-state index is 6.70. The Morgan fingerprint density at radius 3 is 1.92 bits per heavy atom. The number of hydrogen-bond acceptors (Lipinski definition) is 5. The van der Waals surface area contributed by atoms with E-state index in [4.69, 9.17) is 13.9 Å². The molecule has 0 saturated heterocycles. The molecule has 1 heterocycles. The molecule has 0 unspecified atom stereocenters. The number of aryl methyl sites for hydroxylation is 2. The molecule has 0 aliphatic heterocycles. The summed E-state index contributed by atoms with van der Waals surface area (Å²) in [4.78, 5) is 0. The molecule has 1 aromatic heterocycles. The molecule has 6 rings (SSSR count). The fourth-order valence-corrected chi connectivity index (χ4v) is 5.89. The van der Waals surface area contributed by atoms with E-state index >= 15 is 0 Å². The predicted octanol–water partition coefficient (Wildman–Crippen LogP) is 9.11. The lowest BCUT2D eigenvalue weighted by molar-refractivity contribution is 0.150. The Kier molecular flexibility index (Phi) is 7.67. The summed E-state index contributed by atoms with van der Waals surface area (Å²) in [6.07, 6.45) is 12.6. The van der Waals surface area contributed by atoms with Crippen LogP contribution in [-0.4, -0.2) is 22.4 Å². The topological polar surface area (TPSA) is 57.4 Å². The molecule has 2 fully saturated rings. The van der Waals surface area contributed by atoms with Crippen molar-refractivity contribution in [3.8, 4) is 45.5 Å². The number of hydrogen-bond donors (Lipinski definition) is 0. The Morgan fingerprint density at radius 2 is 1.23 bits per heavy atom. The molecule has 0 radical (unpaired) electrons. The van der Waals surface area contributed by atoms with Gasteiger partial charge in [0.2, 0.25) is 11.8 Å². The van der Waals surface area contributed by atoms with Crippen LogP contribution in [0.3, 0.4) is 0 Å². The van der Waals surface area contributed by atoms with Crippen LogP contribution in [0.4, 0.5) is 0 Å². The highest BCUT2D eigenvalue weighted by atomic mass is 16.5. The minimum Gasteiger partial charge on any atom is -0.490 e. The van der Waals surface area contributed by atoms with Crippen molar-refractivity contribution < 1.29 is 13.9 Å². The van der Waals surface area contributed by atoms with Crippen LogP contribution in [0.15, 0.2) is 65.1 Å². The van der Waals surface area contributed by atoms with E-state index in [-0.39, 0.29) is 6.10 Å². The zero-order chi connectivity index (χ0) is 26.6. The van der Waals surface area contributed by atoms with Crippen LogP contribution in [0.5, 0.6) is 11.5 Å². The van der Waals surface area contributed by atoms with E-state index in [9.17, 15) is 0 Å². The van der Waals surface area contributed by atoms with E-state index in [1.807, 2.05) is 30.3 Å². The second kappa shape index (κ2) is 11.6. The summed E-state index contributed by atoms with van der Waals surface area (Å²) in [7, 11) is 0. The Bertz CT molecular complexity index is 1400. The lowest BCUT2D eigenvalue weighted by Gasteiger charge is -2.27. The molecule has 0 bridgehead atoms. The quantitative estimate of drug-likeness (QED) is 0.242. The van der Waals surface area contributed by atoms with Crippen molar-refractivity contribution in [1.82, 2.24) is 10.2 Å². The SMILES string of the molecule is Cc1cc(OC2CCCCC2)c(-c2ccc(C)c(-c3nnc(-c4ccccc4)o3)c2)cc1OC1CCCCC1. The summed E-state index contributed by atoms with van der Waals surface area (Å²) in [5.41, 5.74) is 6.18. The van der Waals surface area contributed by atoms with Crippen LogP contribution in [-0.2, 0) is 0 Å². The van der Waals surface area contributed by atoms with Crippen LogP contribution in [0, 0.1) is 13.8 Å². The molecule has 202 valence electrons. The van der Waals surface area contributed by atoms with Crippen molar-refractivity contribution in [3.63, 3.8) is 0 Å². The van der Waals surface area contributed by atoms with E-state index in [1.54, 1.807) is 0 Å². The summed E-state index contributed by atoms with van der Waals surface area (Å²) in [5.74, 6) is 2.93. The molecular formula is C34H38N2O3. The van der Waals surface area contributed by atoms with Crippen molar-refractivity contribution in [1.29, 1.82) is 0 Å². The normalized spacial score (nSPS) is 16.8. The van der Waals surface area contributed by atoms with Gasteiger partial charge in [0, 0.05) is 16.7 Å². The van der Waals surface area contributed by atoms with Crippen LogP contribution in [0.2, 0.25) is 0 Å². The number of ether oxygens (including phenoxy) is 2. The first kappa shape index (κ1) is 25.7. The number of aromatic nitrogens is 2. The molecular weight excluding hydrogens is 484 g/mol. The van der Waals surface area contributed by atoms with Gasteiger partial charge in [0.15, 0.2) is 0 Å². The first-order valence-corrected chi connectivity index (χ1v) is 14.6. The van der Waals surface area contributed by atoms with Crippen LogP contribution < -0.4 is 9.47 Å². The Labute approximate surface area is 231 Å². The minimum atomic E-state index is 0.260.